The molecule has 0 aromatic carbocycles. The van der Waals surface area contributed by atoms with Crippen molar-refractivity contribution in [3.8, 4) is 0 Å². The predicted octanol–water partition coefficient (Wildman–Crippen LogP) is -0.404. The maximum atomic E-state index is 11.3. The molecule has 2 rings (SSSR count). The van der Waals surface area contributed by atoms with E-state index in [1.807, 2.05) is 0 Å². The first kappa shape index (κ1) is 8.44. The average molecular weight is 179 g/mol. The summed E-state index contributed by atoms with van der Waals surface area (Å²) in [4.78, 5) is 11.3. The van der Waals surface area contributed by atoms with Crippen molar-refractivity contribution < 1.29 is 0 Å². The summed E-state index contributed by atoms with van der Waals surface area (Å²) >= 11 is 0. The second-order valence-electron chi connectivity index (χ2n) is 3.58. The third-order valence-electron chi connectivity index (χ3n) is 2.49. The molecule has 0 fully saturated rings. The molecule has 1 aromatic heterocycles. The zero-order valence-electron chi connectivity index (χ0n) is 7.66. The zero-order valence-corrected chi connectivity index (χ0v) is 7.66. The maximum absolute atomic E-state index is 11.3. The van der Waals surface area contributed by atoms with Gasteiger partial charge in [0.15, 0.2) is 0 Å². The summed E-state index contributed by atoms with van der Waals surface area (Å²) in [6, 6.07) is 1.85. The van der Waals surface area contributed by atoms with Crippen LogP contribution >= 0.6 is 0 Å². The number of hydrogen-bond donors (Lipinski definition) is 1. The van der Waals surface area contributed by atoms with E-state index in [4.69, 9.17) is 5.73 Å². The van der Waals surface area contributed by atoms with Gasteiger partial charge in [-0.2, -0.15) is 5.10 Å². The SMILES string of the molecule is Cn1nc2c(cc1=O)C[C@H](N)CC2. The molecule has 2 N–H and O–H groups in total. The lowest BCUT2D eigenvalue weighted by molar-refractivity contribution is 0.541. The largest absolute Gasteiger partial charge is 0.327 e. The Hall–Kier alpha value is -1.16. The van der Waals surface area contributed by atoms with E-state index < -0.39 is 0 Å². The van der Waals surface area contributed by atoms with E-state index in [9.17, 15) is 4.79 Å². The van der Waals surface area contributed by atoms with Crippen LogP contribution in [0.15, 0.2) is 10.9 Å². The monoisotopic (exact) mass is 179 g/mol. The van der Waals surface area contributed by atoms with Crippen LogP contribution in [0.2, 0.25) is 0 Å². The predicted molar refractivity (Wildman–Crippen MR) is 49.5 cm³/mol. The Morgan fingerprint density at radius 2 is 2.46 bits per heavy atom. The molecule has 1 aliphatic carbocycles. The molecule has 0 amide bonds. The van der Waals surface area contributed by atoms with E-state index in [1.165, 1.54) is 4.68 Å². The highest BCUT2D eigenvalue weighted by Crippen LogP contribution is 2.15. The van der Waals surface area contributed by atoms with Crippen molar-refractivity contribution >= 4 is 0 Å². The molecule has 0 saturated carbocycles. The lowest BCUT2D eigenvalue weighted by atomic mass is 9.93. The first-order valence-corrected chi connectivity index (χ1v) is 4.48. The van der Waals surface area contributed by atoms with E-state index >= 15 is 0 Å². The summed E-state index contributed by atoms with van der Waals surface area (Å²) < 4.78 is 1.38. The summed E-state index contributed by atoms with van der Waals surface area (Å²) in [5, 5.41) is 4.20. The van der Waals surface area contributed by atoms with Crippen molar-refractivity contribution in [2.45, 2.75) is 25.3 Å². The highest BCUT2D eigenvalue weighted by molar-refractivity contribution is 5.22. The van der Waals surface area contributed by atoms with Crippen molar-refractivity contribution in [3.05, 3.63) is 27.7 Å². The second-order valence-corrected chi connectivity index (χ2v) is 3.58. The van der Waals surface area contributed by atoms with E-state index in [1.54, 1.807) is 13.1 Å². The Balaban J connectivity index is 2.49. The maximum Gasteiger partial charge on any atom is 0.266 e. The number of aromatic nitrogens is 2. The van der Waals surface area contributed by atoms with Crippen LogP contribution in [-0.4, -0.2) is 15.8 Å². The quantitative estimate of drug-likeness (QED) is 0.589. The Morgan fingerprint density at radius 1 is 1.69 bits per heavy atom. The molecular weight excluding hydrogens is 166 g/mol. The van der Waals surface area contributed by atoms with Gasteiger partial charge in [-0.15, -0.1) is 0 Å². The fraction of sp³-hybridized carbons (Fsp3) is 0.556. The van der Waals surface area contributed by atoms with Crippen molar-refractivity contribution in [2.75, 3.05) is 0 Å². The lowest BCUT2D eigenvalue weighted by Crippen LogP contribution is -2.32. The summed E-state index contributed by atoms with van der Waals surface area (Å²) in [6.07, 6.45) is 2.65. The molecule has 0 saturated heterocycles. The summed E-state index contributed by atoms with van der Waals surface area (Å²) in [6.45, 7) is 0. The van der Waals surface area contributed by atoms with E-state index in [0.29, 0.717) is 0 Å². The summed E-state index contributed by atoms with van der Waals surface area (Å²) in [7, 11) is 1.68. The number of nitrogens with zero attached hydrogens (tertiary/aromatic N) is 2. The lowest BCUT2D eigenvalue weighted by Gasteiger charge is -2.20. The fourth-order valence-electron chi connectivity index (χ4n) is 1.71. The van der Waals surface area contributed by atoms with Crippen molar-refractivity contribution in [3.63, 3.8) is 0 Å². The summed E-state index contributed by atoms with van der Waals surface area (Å²) in [5.41, 5.74) is 7.81. The molecule has 1 atom stereocenters. The molecule has 4 nitrogen and oxygen atoms in total. The first-order valence-electron chi connectivity index (χ1n) is 4.48. The van der Waals surface area contributed by atoms with Crippen LogP contribution in [0.5, 0.6) is 0 Å². The van der Waals surface area contributed by atoms with Crippen molar-refractivity contribution in [1.82, 2.24) is 9.78 Å². The molecule has 1 heterocycles. The molecule has 0 spiro atoms. The molecule has 0 aliphatic heterocycles. The molecule has 0 unspecified atom stereocenters. The van der Waals surface area contributed by atoms with Gasteiger partial charge in [0.25, 0.3) is 5.56 Å². The average Bonchev–Trinajstić information content (AvgIpc) is 2.08. The number of nitrogens with two attached hydrogens (primary N) is 1. The molecule has 1 aromatic rings. The van der Waals surface area contributed by atoms with E-state index in [2.05, 4.69) is 5.10 Å². The van der Waals surface area contributed by atoms with Gasteiger partial charge >= 0.3 is 0 Å². The minimum Gasteiger partial charge on any atom is -0.327 e. The van der Waals surface area contributed by atoms with E-state index in [-0.39, 0.29) is 11.6 Å². The molecule has 0 radical (unpaired) electrons. The smallest absolute Gasteiger partial charge is 0.266 e. The highest BCUT2D eigenvalue weighted by Gasteiger charge is 2.17. The van der Waals surface area contributed by atoms with Gasteiger partial charge in [-0.25, -0.2) is 4.68 Å². The minimum atomic E-state index is -0.0483. The Kier molecular flexibility index (Phi) is 1.92. The molecular formula is C9H13N3O. The van der Waals surface area contributed by atoms with Crippen LogP contribution in [0, 0.1) is 0 Å². The number of fused-ring (bicyclic) bond motifs is 1. The second kappa shape index (κ2) is 2.96. The Labute approximate surface area is 76.4 Å². The Bertz CT molecular complexity index is 383. The Morgan fingerprint density at radius 3 is 3.23 bits per heavy atom. The van der Waals surface area contributed by atoms with Gasteiger partial charge in [0, 0.05) is 19.2 Å². The fourth-order valence-corrected chi connectivity index (χ4v) is 1.71. The summed E-state index contributed by atoms with van der Waals surface area (Å²) in [5.74, 6) is 0. The van der Waals surface area contributed by atoms with Crippen LogP contribution in [0.25, 0.3) is 0 Å². The highest BCUT2D eigenvalue weighted by atomic mass is 16.1. The van der Waals surface area contributed by atoms with Gasteiger partial charge in [-0.3, -0.25) is 4.79 Å². The van der Waals surface area contributed by atoms with Crippen LogP contribution in [0.3, 0.4) is 0 Å². The van der Waals surface area contributed by atoms with Crippen LogP contribution in [-0.2, 0) is 19.9 Å². The molecule has 1 aliphatic rings. The van der Waals surface area contributed by atoms with Crippen LogP contribution < -0.4 is 11.3 Å². The standard InChI is InChI=1S/C9H13N3O/c1-12-9(13)5-6-4-7(10)2-3-8(6)11-12/h5,7H,2-4,10H2,1H3/t7-/m1/s1. The number of hydrogen-bond acceptors (Lipinski definition) is 3. The van der Waals surface area contributed by atoms with Gasteiger partial charge < -0.3 is 5.73 Å². The third kappa shape index (κ3) is 1.49. The van der Waals surface area contributed by atoms with Gasteiger partial charge in [0.05, 0.1) is 5.69 Å². The molecule has 13 heavy (non-hydrogen) atoms. The van der Waals surface area contributed by atoms with Gasteiger partial charge in [0.1, 0.15) is 0 Å². The normalized spacial score (nSPS) is 21.2. The van der Waals surface area contributed by atoms with Crippen LogP contribution in [0.4, 0.5) is 0 Å². The minimum absolute atomic E-state index is 0.0483. The number of rotatable bonds is 0. The molecule has 4 heteroatoms. The zero-order chi connectivity index (χ0) is 9.42. The van der Waals surface area contributed by atoms with Gasteiger partial charge in [-0.05, 0) is 24.8 Å². The van der Waals surface area contributed by atoms with Gasteiger partial charge in [-0.1, -0.05) is 0 Å². The van der Waals surface area contributed by atoms with Crippen molar-refractivity contribution in [2.24, 2.45) is 12.8 Å². The molecule has 0 bridgehead atoms. The van der Waals surface area contributed by atoms with Crippen molar-refractivity contribution in [1.29, 1.82) is 0 Å². The molecule has 70 valence electrons. The van der Waals surface area contributed by atoms with Crippen LogP contribution in [0.1, 0.15) is 17.7 Å². The van der Waals surface area contributed by atoms with E-state index in [0.717, 1.165) is 30.5 Å². The third-order valence-corrected chi connectivity index (χ3v) is 2.49. The topological polar surface area (TPSA) is 60.9 Å². The first-order chi connectivity index (χ1) is 6.16. The number of aryl methyl sites for hydroxylation is 2. The van der Waals surface area contributed by atoms with Gasteiger partial charge in [0.2, 0.25) is 0 Å².